The van der Waals surface area contributed by atoms with Crippen LogP contribution in [-0.4, -0.2) is 34.2 Å². The Morgan fingerprint density at radius 2 is 1.84 bits per heavy atom. The van der Waals surface area contributed by atoms with Gasteiger partial charge < -0.3 is 14.7 Å². The maximum Gasteiger partial charge on any atom is 0.302 e. The van der Waals surface area contributed by atoms with Gasteiger partial charge in [0.2, 0.25) is 0 Å². The minimum atomic E-state index is -0.312. The monoisotopic (exact) mass is 512 g/mol. The van der Waals surface area contributed by atoms with E-state index >= 15 is 0 Å². The zero-order valence-corrected chi connectivity index (χ0v) is 21.7. The van der Waals surface area contributed by atoms with Gasteiger partial charge in [0, 0.05) is 18.8 Å². The molecule has 4 aliphatic rings. The lowest BCUT2D eigenvalue weighted by Gasteiger charge is -2.62. The first-order chi connectivity index (χ1) is 15.1. The fourth-order valence-corrected chi connectivity index (χ4v) is 9.16. The quantitative estimate of drug-likeness (QED) is 0.157. The van der Waals surface area contributed by atoms with Crippen molar-refractivity contribution in [2.24, 2.45) is 34.5 Å². The Morgan fingerprint density at radius 1 is 1.12 bits per heavy atom. The third-order valence-electron chi connectivity index (χ3n) is 9.65. The highest BCUT2D eigenvalue weighted by Gasteiger charge is 2.65. The van der Waals surface area contributed by atoms with E-state index in [1.807, 2.05) is 0 Å². The molecule has 32 heavy (non-hydrogen) atoms. The molecule has 4 aliphatic carbocycles. The van der Waals surface area contributed by atoms with Gasteiger partial charge in [0.15, 0.2) is 0 Å². The maximum atomic E-state index is 11.8. The van der Waals surface area contributed by atoms with Crippen LogP contribution in [0.5, 0.6) is 0 Å². The molecule has 0 radical (unpaired) electrons. The number of allylic oxidation sites excluding steroid dienone is 1. The Bertz CT molecular complexity index is 727. The number of rotatable bonds is 6. The second-order valence-corrected chi connectivity index (χ2v) is 12.7. The van der Waals surface area contributed by atoms with Crippen molar-refractivity contribution < 1.29 is 24.4 Å². The number of hydrogen-bond acceptors (Lipinski definition) is 5. The molecule has 0 aliphatic heterocycles. The Balaban J connectivity index is 1.48. The number of esters is 1. The van der Waals surface area contributed by atoms with Gasteiger partial charge in [-0.1, -0.05) is 43.3 Å². The number of alkyl halides is 1. The smallest absolute Gasteiger partial charge is 0.302 e. The molecule has 0 saturated heterocycles. The van der Waals surface area contributed by atoms with E-state index in [2.05, 4.69) is 43.3 Å². The molecule has 0 bridgehead atoms. The number of aliphatic hydroxyl groups is 1. The van der Waals surface area contributed by atoms with E-state index in [-0.39, 0.29) is 45.9 Å². The number of carbonyl (C=O) groups excluding carboxylic acids is 1. The predicted octanol–water partition coefficient (Wildman–Crippen LogP) is 5.94. The van der Waals surface area contributed by atoms with Crippen LogP contribution in [0, 0.1) is 34.5 Å². The number of ether oxygens (including phenoxy) is 1. The van der Waals surface area contributed by atoms with E-state index in [1.54, 1.807) is 0 Å². The highest BCUT2D eigenvalue weighted by molar-refractivity contribution is 9.09. The maximum absolute atomic E-state index is 11.8. The number of fused-ring (bicyclic) bond motifs is 5. The fourth-order valence-electron chi connectivity index (χ4n) is 8.04. The molecule has 10 atom stereocenters. The lowest BCUT2D eigenvalue weighted by molar-refractivity contribution is -0.313. The average Bonchev–Trinajstić information content (AvgIpc) is 2.97. The molecule has 4 saturated carbocycles. The molecule has 5 unspecified atom stereocenters. The summed E-state index contributed by atoms with van der Waals surface area (Å²) in [7, 11) is 0. The Morgan fingerprint density at radius 3 is 2.53 bits per heavy atom. The molecular weight excluding hydrogens is 472 g/mol. The van der Waals surface area contributed by atoms with Gasteiger partial charge in [-0.3, -0.25) is 4.79 Å². The molecule has 0 aromatic carbocycles. The topological polar surface area (TPSA) is 65.0 Å². The third kappa shape index (κ3) is 4.17. The van der Waals surface area contributed by atoms with Gasteiger partial charge >= 0.3 is 5.97 Å². The molecule has 6 heteroatoms. The highest BCUT2D eigenvalue weighted by Crippen LogP contribution is 2.67. The van der Waals surface area contributed by atoms with Crippen molar-refractivity contribution in [2.75, 3.05) is 0 Å². The first-order valence-electron chi connectivity index (χ1n) is 12.6. The summed E-state index contributed by atoms with van der Waals surface area (Å²) in [5.41, 5.74) is 0.145. The molecule has 0 aromatic heterocycles. The summed E-state index contributed by atoms with van der Waals surface area (Å²) in [5.74, 6) is 2.08. The van der Waals surface area contributed by atoms with Gasteiger partial charge in [0.1, 0.15) is 18.0 Å². The fraction of sp³-hybridized carbons (Fsp3) is 0.885. The Labute approximate surface area is 201 Å². The molecule has 1 N–H and O–H groups in total. The lowest BCUT2D eigenvalue weighted by atomic mass is 9.44. The van der Waals surface area contributed by atoms with E-state index in [1.165, 1.54) is 6.92 Å². The number of hydrogen-bond donors (Lipinski definition) is 1. The molecule has 182 valence electrons. The molecule has 0 amide bonds. The molecule has 0 spiro atoms. The summed E-state index contributed by atoms with van der Waals surface area (Å²) in [6, 6.07) is 0. The van der Waals surface area contributed by atoms with Gasteiger partial charge in [0.25, 0.3) is 0 Å². The molecule has 4 fully saturated rings. The standard InChI is InChI=1S/C26H41BrO5/c1-6-7-15(2)31-32-18-8-10-25(4)17(12-18)13-22(29)23-19(25)9-11-26(5)20(23)14-21(27)24(26)30-16(3)28/h17-24,29H,2,6-14H2,1,3-5H3/t17?,18-,19?,20?,21+,22?,23?,24-,25-,26-/m0/s1. The van der Waals surface area contributed by atoms with Gasteiger partial charge in [-0.2, -0.15) is 4.89 Å². The molecule has 0 heterocycles. The highest BCUT2D eigenvalue weighted by atomic mass is 79.9. The SMILES string of the molecule is C=C(CCC)OO[C@H]1CC[C@@]2(C)C(CC(O)C3C2CC[C@@]2(C)C3C[C@@H](Br)[C@@H]2OC(C)=O)C1. The summed E-state index contributed by atoms with van der Waals surface area (Å²) >= 11 is 3.83. The third-order valence-corrected chi connectivity index (χ3v) is 10.5. The van der Waals surface area contributed by atoms with Crippen molar-refractivity contribution in [2.45, 2.75) is 109 Å². The zero-order valence-electron chi connectivity index (χ0n) is 20.1. The molecule has 5 nitrogen and oxygen atoms in total. The van der Waals surface area contributed by atoms with Crippen LogP contribution in [0.25, 0.3) is 0 Å². The van der Waals surface area contributed by atoms with Gasteiger partial charge in [-0.15, -0.1) is 0 Å². The summed E-state index contributed by atoms with van der Waals surface area (Å²) in [4.78, 5) is 23.2. The van der Waals surface area contributed by atoms with E-state index in [0.29, 0.717) is 23.5 Å². The second-order valence-electron chi connectivity index (χ2n) is 11.5. The first kappa shape index (κ1) is 24.5. The Kier molecular flexibility index (Phi) is 7.07. The van der Waals surface area contributed by atoms with Gasteiger partial charge in [-0.25, -0.2) is 0 Å². The molecular formula is C26H41BrO5. The van der Waals surface area contributed by atoms with Crippen LogP contribution in [0.4, 0.5) is 0 Å². The van der Waals surface area contributed by atoms with E-state index in [4.69, 9.17) is 14.5 Å². The van der Waals surface area contributed by atoms with Crippen molar-refractivity contribution in [1.29, 1.82) is 0 Å². The van der Waals surface area contributed by atoms with Gasteiger partial charge in [0.05, 0.1) is 10.9 Å². The number of carbonyl (C=O) groups is 1. The van der Waals surface area contributed by atoms with Crippen molar-refractivity contribution in [1.82, 2.24) is 0 Å². The second kappa shape index (κ2) is 9.22. The van der Waals surface area contributed by atoms with Crippen molar-refractivity contribution >= 4 is 21.9 Å². The minimum Gasteiger partial charge on any atom is -0.461 e. The Hall–Kier alpha value is -0.590. The average molecular weight is 514 g/mol. The lowest BCUT2D eigenvalue weighted by Crippen LogP contribution is -2.59. The van der Waals surface area contributed by atoms with Crippen LogP contribution in [0.15, 0.2) is 12.3 Å². The van der Waals surface area contributed by atoms with E-state index in [9.17, 15) is 9.90 Å². The minimum absolute atomic E-state index is 0.0705. The molecule has 4 rings (SSSR count). The molecule has 0 aromatic rings. The van der Waals surface area contributed by atoms with E-state index < -0.39 is 0 Å². The summed E-state index contributed by atoms with van der Waals surface area (Å²) in [6.07, 6.45) is 8.44. The van der Waals surface area contributed by atoms with Crippen LogP contribution in [0.1, 0.15) is 85.5 Å². The van der Waals surface area contributed by atoms with Gasteiger partial charge in [-0.05, 0) is 80.5 Å². The van der Waals surface area contributed by atoms with Crippen LogP contribution in [0.2, 0.25) is 0 Å². The first-order valence-corrected chi connectivity index (χ1v) is 13.5. The van der Waals surface area contributed by atoms with Crippen LogP contribution < -0.4 is 0 Å². The normalized spacial score (nSPS) is 47.7. The number of halogens is 1. The summed E-state index contributed by atoms with van der Waals surface area (Å²) in [6.45, 7) is 12.3. The van der Waals surface area contributed by atoms with Crippen molar-refractivity contribution in [3.63, 3.8) is 0 Å². The van der Waals surface area contributed by atoms with Crippen LogP contribution >= 0.6 is 15.9 Å². The number of aliphatic hydroxyl groups excluding tert-OH is 1. The van der Waals surface area contributed by atoms with Crippen molar-refractivity contribution in [3.05, 3.63) is 12.3 Å². The largest absolute Gasteiger partial charge is 0.461 e. The zero-order chi connectivity index (χ0) is 23.3. The van der Waals surface area contributed by atoms with E-state index in [0.717, 1.165) is 57.8 Å². The van der Waals surface area contributed by atoms with Crippen LogP contribution in [-0.2, 0) is 19.3 Å². The summed E-state index contributed by atoms with van der Waals surface area (Å²) in [5, 5.41) is 11.4. The van der Waals surface area contributed by atoms with Crippen LogP contribution in [0.3, 0.4) is 0 Å². The predicted molar refractivity (Wildman–Crippen MR) is 127 cm³/mol. The summed E-state index contributed by atoms with van der Waals surface area (Å²) < 4.78 is 5.82. The van der Waals surface area contributed by atoms with Crippen molar-refractivity contribution in [3.8, 4) is 0 Å².